The van der Waals surface area contributed by atoms with Crippen molar-refractivity contribution in [3.63, 3.8) is 0 Å². The van der Waals surface area contributed by atoms with Crippen LogP contribution >= 0.6 is 22.6 Å². The summed E-state index contributed by atoms with van der Waals surface area (Å²) >= 11 is 2.38. The zero-order valence-corrected chi connectivity index (χ0v) is 22.4. The molecular weight excluding hydrogens is 515 g/mol. The van der Waals surface area contributed by atoms with E-state index in [0.29, 0.717) is 17.2 Å². The van der Waals surface area contributed by atoms with E-state index in [0.717, 1.165) is 22.6 Å². The van der Waals surface area contributed by atoms with Gasteiger partial charge in [0, 0.05) is 16.3 Å². The molecule has 7 heteroatoms. The molecule has 5 atom stereocenters. The maximum atomic E-state index is 12.8. The molecule has 1 fully saturated rings. The fourth-order valence-electron chi connectivity index (χ4n) is 4.40. The predicted octanol–water partition coefficient (Wildman–Crippen LogP) is 5.72. The Kier molecular flexibility index (Phi) is 9.65. The monoisotopic (exact) mass is 552 g/mol. The molecule has 5 unspecified atom stereocenters. The normalized spacial score (nSPS) is 28.4. The van der Waals surface area contributed by atoms with Gasteiger partial charge in [-0.25, -0.2) is 8.42 Å². The molecule has 0 radical (unpaired) electrons. The van der Waals surface area contributed by atoms with Crippen LogP contribution in [0.25, 0.3) is 0 Å². The summed E-state index contributed by atoms with van der Waals surface area (Å²) in [6, 6.07) is 12.1. The lowest BCUT2D eigenvalue weighted by molar-refractivity contribution is -0.149. The van der Waals surface area contributed by atoms with E-state index in [-0.39, 0.29) is 30.0 Å². The van der Waals surface area contributed by atoms with E-state index in [2.05, 4.69) is 57.2 Å². The smallest absolute Gasteiger partial charge is 0.192 e. The van der Waals surface area contributed by atoms with E-state index in [1.54, 1.807) is 24.3 Å². The van der Waals surface area contributed by atoms with Crippen molar-refractivity contribution in [1.82, 2.24) is 0 Å². The van der Waals surface area contributed by atoms with Crippen LogP contribution < -0.4 is 0 Å². The molecule has 1 heterocycles. The highest BCUT2D eigenvalue weighted by atomic mass is 127. The van der Waals surface area contributed by atoms with Gasteiger partial charge >= 0.3 is 0 Å². The van der Waals surface area contributed by atoms with Crippen LogP contribution in [0.1, 0.15) is 41.0 Å². The largest absolute Gasteiger partial charge is 0.413 e. The van der Waals surface area contributed by atoms with E-state index in [4.69, 9.17) is 9.16 Å². The van der Waals surface area contributed by atoms with Gasteiger partial charge in [-0.05, 0) is 36.7 Å². The average molecular weight is 553 g/mol. The van der Waals surface area contributed by atoms with Crippen molar-refractivity contribution in [2.45, 2.75) is 82.4 Å². The van der Waals surface area contributed by atoms with Crippen LogP contribution in [0.3, 0.4) is 0 Å². The molecule has 4 nitrogen and oxygen atoms in total. The Labute approximate surface area is 192 Å². The molecule has 1 aliphatic heterocycles. The highest BCUT2D eigenvalue weighted by Gasteiger charge is 2.45. The number of alkyl halides is 1. The summed E-state index contributed by atoms with van der Waals surface area (Å²) < 4.78 is 39.8. The minimum absolute atomic E-state index is 0.0910. The lowest BCUT2D eigenvalue weighted by Gasteiger charge is -2.48. The molecule has 0 N–H and O–H groups in total. The second-order valence-corrected chi connectivity index (χ2v) is 16.0. The molecule has 1 aliphatic rings. The van der Waals surface area contributed by atoms with Crippen LogP contribution in [0.5, 0.6) is 0 Å². The Morgan fingerprint density at radius 3 is 2.07 bits per heavy atom. The fraction of sp³-hybridized carbons (Fsp3) is 0.727. The first-order valence-corrected chi connectivity index (χ1v) is 16.6. The third kappa shape index (κ3) is 6.05. The van der Waals surface area contributed by atoms with Crippen molar-refractivity contribution in [1.29, 1.82) is 0 Å². The summed E-state index contributed by atoms with van der Waals surface area (Å²) in [6.07, 6.45) is 0.668. The molecule has 0 amide bonds. The minimum atomic E-state index is -3.30. The van der Waals surface area contributed by atoms with E-state index in [9.17, 15) is 8.42 Å². The molecule has 0 aromatic heterocycles. The number of halogens is 1. The first kappa shape index (κ1) is 25.3. The topological polar surface area (TPSA) is 52.6 Å². The summed E-state index contributed by atoms with van der Waals surface area (Å²) in [5.41, 5.74) is 0. The number of hydrogen-bond donors (Lipinski definition) is 0. The molecule has 0 bridgehead atoms. The summed E-state index contributed by atoms with van der Waals surface area (Å²) in [7, 11) is -5.05. The van der Waals surface area contributed by atoms with Gasteiger partial charge in [0.05, 0.1) is 29.0 Å². The second-order valence-electron chi connectivity index (χ2n) is 8.33. The van der Waals surface area contributed by atoms with Gasteiger partial charge in [-0.2, -0.15) is 0 Å². The Morgan fingerprint density at radius 1 is 1.00 bits per heavy atom. The van der Waals surface area contributed by atoms with Crippen LogP contribution in [0, 0.1) is 11.8 Å². The first-order valence-electron chi connectivity index (χ1n) is 10.9. The molecule has 0 spiro atoms. The highest BCUT2D eigenvalue weighted by molar-refractivity contribution is 14.1. The lowest BCUT2D eigenvalue weighted by Crippen LogP contribution is -2.55. The molecule has 1 saturated heterocycles. The number of sulfone groups is 1. The minimum Gasteiger partial charge on any atom is -0.413 e. The summed E-state index contributed by atoms with van der Waals surface area (Å²) in [5, 5.41) is 0. The van der Waals surface area contributed by atoms with Gasteiger partial charge in [-0.3, -0.25) is 0 Å². The van der Waals surface area contributed by atoms with Crippen LogP contribution in [-0.2, 0) is 19.0 Å². The number of ether oxygens (including phenoxy) is 1. The van der Waals surface area contributed by atoms with Gasteiger partial charge in [0.15, 0.2) is 18.2 Å². The third-order valence-corrected chi connectivity index (χ3v) is 14.1. The van der Waals surface area contributed by atoms with Crippen molar-refractivity contribution >= 4 is 40.7 Å². The fourth-order valence-corrected chi connectivity index (χ4v) is 9.77. The second kappa shape index (κ2) is 11.1. The molecule has 1 aromatic rings. The van der Waals surface area contributed by atoms with Gasteiger partial charge < -0.3 is 9.16 Å². The molecule has 0 saturated carbocycles. The van der Waals surface area contributed by atoms with Crippen molar-refractivity contribution in [3.8, 4) is 0 Å². The van der Waals surface area contributed by atoms with Crippen LogP contribution in [0.15, 0.2) is 35.2 Å². The molecule has 0 aliphatic carbocycles. The molecule has 29 heavy (non-hydrogen) atoms. The summed E-state index contributed by atoms with van der Waals surface area (Å²) in [6.45, 7) is 11.2. The molecule has 2 rings (SSSR count). The lowest BCUT2D eigenvalue weighted by atomic mass is 9.82. The first-order chi connectivity index (χ1) is 13.7. The maximum Gasteiger partial charge on any atom is 0.192 e. The van der Waals surface area contributed by atoms with Gasteiger partial charge in [0.2, 0.25) is 0 Å². The predicted molar refractivity (Wildman–Crippen MR) is 131 cm³/mol. The Hall–Kier alpha value is 0.0369. The van der Waals surface area contributed by atoms with Gasteiger partial charge in [-0.1, -0.05) is 75.4 Å². The van der Waals surface area contributed by atoms with E-state index in [1.807, 2.05) is 6.07 Å². The zero-order valence-electron chi connectivity index (χ0n) is 18.4. The maximum absolute atomic E-state index is 12.8. The van der Waals surface area contributed by atoms with E-state index < -0.39 is 18.2 Å². The van der Waals surface area contributed by atoms with Crippen molar-refractivity contribution in [2.75, 3.05) is 10.2 Å². The third-order valence-electron chi connectivity index (χ3n) is 6.80. The number of benzene rings is 1. The molecule has 166 valence electrons. The number of hydrogen-bond acceptors (Lipinski definition) is 4. The van der Waals surface area contributed by atoms with Gasteiger partial charge in [0.1, 0.15) is 0 Å². The van der Waals surface area contributed by atoms with Crippen LogP contribution in [-0.4, -0.2) is 45.2 Å². The van der Waals surface area contributed by atoms with Crippen LogP contribution in [0.2, 0.25) is 18.1 Å². The standard InChI is InChI=1S/C22H37IO4SSi/c1-6-29(7-2,8-3)27-22-17(4)20(26-21(16-23)18(22)5)14-15-28(24,25)19-12-10-9-11-13-19/h9-13,17-18,20-22H,6-8,14-16H2,1-5H3. The number of rotatable bonds is 10. The Balaban J connectivity index is 2.17. The van der Waals surface area contributed by atoms with Crippen molar-refractivity contribution in [2.24, 2.45) is 11.8 Å². The Bertz CT molecular complexity index is 715. The summed E-state index contributed by atoms with van der Waals surface area (Å²) in [4.78, 5) is 0.393. The SMILES string of the molecule is CC[Si](CC)(CC)OC1C(C)C(CI)OC(CCS(=O)(=O)c2ccccc2)C1C. The highest BCUT2D eigenvalue weighted by Crippen LogP contribution is 2.38. The quantitative estimate of drug-likeness (QED) is 0.212. The summed E-state index contributed by atoms with van der Waals surface area (Å²) in [5.74, 6) is 0.617. The molecule has 1 aromatic carbocycles. The van der Waals surface area contributed by atoms with Gasteiger partial charge in [-0.15, -0.1) is 0 Å². The van der Waals surface area contributed by atoms with Crippen molar-refractivity contribution in [3.05, 3.63) is 30.3 Å². The van der Waals surface area contributed by atoms with E-state index >= 15 is 0 Å². The average Bonchev–Trinajstić information content (AvgIpc) is 2.74. The Morgan fingerprint density at radius 2 is 1.55 bits per heavy atom. The van der Waals surface area contributed by atoms with Gasteiger partial charge in [0.25, 0.3) is 0 Å². The van der Waals surface area contributed by atoms with E-state index in [1.165, 1.54) is 0 Å². The van der Waals surface area contributed by atoms with Crippen molar-refractivity contribution < 1.29 is 17.6 Å². The van der Waals surface area contributed by atoms with Crippen LogP contribution in [0.4, 0.5) is 0 Å². The molecular formula is C22H37IO4SSi. The zero-order chi connectivity index (χ0) is 21.7.